The average molecular weight is 314 g/mol. The Labute approximate surface area is 129 Å². The van der Waals surface area contributed by atoms with E-state index in [1.165, 1.54) is 0 Å². The van der Waals surface area contributed by atoms with Gasteiger partial charge in [-0.3, -0.25) is 0 Å². The zero-order valence-corrected chi connectivity index (χ0v) is 13.1. The summed E-state index contributed by atoms with van der Waals surface area (Å²) in [5.74, 6) is 0.591. The molecule has 1 aromatic rings. The van der Waals surface area contributed by atoms with Gasteiger partial charge in [-0.25, -0.2) is 0 Å². The van der Waals surface area contributed by atoms with Crippen molar-refractivity contribution in [1.29, 1.82) is 0 Å². The zero-order valence-electron chi connectivity index (χ0n) is 12.3. The van der Waals surface area contributed by atoms with Crippen molar-refractivity contribution in [3.05, 3.63) is 5.28 Å². The molecule has 2 fully saturated rings. The summed E-state index contributed by atoms with van der Waals surface area (Å²) in [6.45, 7) is 6.86. The lowest BCUT2D eigenvalue weighted by molar-refractivity contribution is -0.136. The van der Waals surface area contributed by atoms with Gasteiger partial charge in [0, 0.05) is 19.6 Å². The minimum absolute atomic E-state index is 0.0224. The summed E-state index contributed by atoms with van der Waals surface area (Å²) < 4.78 is 11.3. The van der Waals surface area contributed by atoms with Crippen LogP contribution in [0, 0.1) is 0 Å². The highest BCUT2D eigenvalue weighted by Crippen LogP contribution is 2.23. The van der Waals surface area contributed by atoms with E-state index < -0.39 is 5.79 Å². The molecule has 0 radical (unpaired) electrons. The number of aromatic nitrogens is 3. The fourth-order valence-corrected chi connectivity index (χ4v) is 2.70. The molecule has 0 aliphatic carbocycles. The molecule has 1 unspecified atom stereocenters. The summed E-state index contributed by atoms with van der Waals surface area (Å²) in [5.41, 5.74) is 0. The molecular formula is C13H20ClN5O2. The highest BCUT2D eigenvalue weighted by molar-refractivity contribution is 6.28. The van der Waals surface area contributed by atoms with Gasteiger partial charge in [0.15, 0.2) is 5.79 Å². The Morgan fingerprint density at radius 3 is 2.71 bits per heavy atom. The highest BCUT2D eigenvalue weighted by atomic mass is 35.5. The lowest BCUT2D eigenvalue weighted by Crippen LogP contribution is -2.27. The largest absolute Gasteiger partial charge is 0.351 e. The molecule has 8 heteroatoms. The van der Waals surface area contributed by atoms with Gasteiger partial charge in [-0.15, -0.1) is 0 Å². The first-order valence-electron chi connectivity index (χ1n) is 7.24. The van der Waals surface area contributed by atoms with E-state index >= 15 is 0 Å². The Bertz CT molecular complexity index is 507. The van der Waals surface area contributed by atoms with Crippen LogP contribution in [0.3, 0.4) is 0 Å². The van der Waals surface area contributed by atoms with Crippen LogP contribution in [0.1, 0.15) is 26.7 Å². The van der Waals surface area contributed by atoms with Crippen molar-refractivity contribution in [1.82, 2.24) is 15.0 Å². The molecule has 1 aromatic heterocycles. The predicted molar refractivity (Wildman–Crippen MR) is 79.7 cm³/mol. The Morgan fingerprint density at radius 2 is 2.05 bits per heavy atom. The molecule has 21 heavy (non-hydrogen) atoms. The van der Waals surface area contributed by atoms with E-state index in [9.17, 15) is 0 Å². The maximum absolute atomic E-state index is 5.98. The first kappa shape index (κ1) is 14.7. The van der Waals surface area contributed by atoms with E-state index in [2.05, 4.69) is 25.2 Å². The Morgan fingerprint density at radius 1 is 1.29 bits per heavy atom. The lowest BCUT2D eigenvalue weighted by atomic mass is 10.4. The lowest BCUT2D eigenvalue weighted by Gasteiger charge is -2.18. The number of ether oxygens (including phenoxy) is 2. The van der Waals surface area contributed by atoms with E-state index in [0.29, 0.717) is 25.0 Å². The van der Waals surface area contributed by atoms with Crippen molar-refractivity contribution in [2.24, 2.45) is 0 Å². The van der Waals surface area contributed by atoms with Gasteiger partial charge in [0.25, 0.3) is 0 Å². The third kappa shape index (κ3) is 3.72. The van der Waals surface area contributed by atoms with Gasteiger partial charge in [0.05, 0.1) is 6.61 Å². The molecule has 0 bridgehead atoms. The number of anilines is 2. The number of hydrogen-bond donors (Lipinski definition) is 1. The van der Waals surface area contributed by atoms with Gasteiger partial charge >= 0.3 is 0 Å². The molecule has 3 rings (SSSR count). The van der Waals surface area contributed by atoms with Crippen molar-refractivity contribution < 1.29 is 9.47 Å². The molecule has 2 aliphatic rings. The number of hydrogen-bond acceptors (Lipinski definition) is 7. The van der Waals surface area contributed by atoms with E-state index in [4.69, 9.17) is 21.1 Å². The summed E-state index contributed by atoms with van der Waals surface area (Å²) in [6, 6.07) is 0. The molecule has 116 valence electrons. The first-order valence-corrected chi connectivity index (χ1v) is 7.62. The second-order valence-corrected chi connectivity index (χ2v) is 6.09. The first-order chi connectivity index (χ1) is 10.0. The third-order valence-corrected chi connectivity index (χ3v) is 3.71. The van der Waals surface area contributed by atoms with Crippen molar-refractivity contribution in [2.45, 2.75) is 38.6 Å². The Kier molecular flexibility index (Phi) is 4.14. The smallest absolute Gasteiger partial charge is 0.231 e. The molecule has 3 heterocycles. The molecule has 1 atom stereocenters. The topological polar surface area (TPSA) is 72.4 Å². The summed E-state index contributed by atoms with van der Waals surface area (Å²) in [7, 11) is 0. The van der Waals surface area contributed by atoms with E-state index in [1.807, 2.05) is 13.8 Å². The standard InChI is InChI=1S/C13H20ClN5O2/c1-13(2)20-8-9(21-13)7-15-11-16-10(14)17-12(18-11)19-5-3-4-6-19/h9H,3-8H2,1-2H3,(H,15,16,17,18). The normalized spacial score (nSPS) is 24.5. The summed E-state index contributed by atoms with van der Waals surface area (Å²) >= 11 is 5.98. The van der Waals surface area contributed by atoms with Crippen LogP contribution in [0.25, 0.3) is 0 Å². The van der Waals surface area contributed by atoms with Crippen molar-refractivity contribution >= 4 is 23.5 Å². The van der Waals surface area contributed by atoms with Crippen LogP contribution in [0.2, 0.25) is 5.28 Å². The number of nitrogens with one attached hydrogen (secondary N) is 1. The molecule has 2 aliphatic heterocycles. The summed E-state index contributed by atoms with van der Waals surface area (Å²) in [6.07, 6.45) is 2.30. The Hall–Kier alpha value is -1.18. The SMILES string of the molecule is CC1(C)OCC(CNc2nc(Cl)nc(N3CCCC3)n2)O1. The third-order valence-electron chi connectivity index (χ3n) is 3.54. The van der Waals surface area contributed by atoms with Crippen LogP contribution in [0.5, 0.6) is 0 Å². The highest BCUT2D eigenvalue weighted by Gasteiger charge is 2.32. The van der Waals surface area contributed by atoms with Crippen LogP contribution in [0.15, 0.2) is 0 Å². The van der Waals surface area contributed by atoms with E-state index in [1.54, 1.807) is 0 Å². The van der Waals surface area contributed by atoms with Gasteiger partial charge in [0.2, 0.25) is 17.2 Å². The van der Waals surface area contributed by atoms with Gasteiger partial charge in [0.1, 0.15) is 6.10 Å². The van der Waals surface area contributed by atoms with E-state index in [-0.39, 0.29) is 11.4 Å². The molecule has 0 spiro atoms. The monoisotopic (exact) mass is 313 g/mol. The van der Waals surface area contributed by atoms with Gasteiger partial charge < -0.3 is 19.7 Å². The fourth-order valence-electron chi connectivity index (χ4n) is 2.55. The minimum atomic E-state index is -0.524. The Balaban J connectivity index is 1.62. The molecule has 0 amide bonds. The summed E-state index contributed by atoms with van der Waals surface area (Å²) in [5, 5.41) is 3.36. The molecule has 1 N–H and O–H groups in total. The molecule has 7 nitrogen and oxygen atoms in total. The maximum Gasteiger partial charge on any atom is 0.231 e. The maximum atomic E-state index is 5.98. The molecule has 2 saturated heterocycles. The van der Waals surface area contributed by atoms with Crippen molar-refractivity contribution in [2.75, 3.05) is 36.5 Å². The average Bonchev–Trinajstić information content (AvgIpc) is 3.05. The van der Waals surface area contributed by atoms with Gasteiger partial charge in [-0.1, -0.05) is 0 Å². The number of nitrogens with zero attached hydrogens (tertiary/aromatic N) is 4. The van der Waals surface area contributed by atoms with Gasteiger partial charge in [-0.2, -0.15) is 15.0 Å². The molecule has 0 aromatic carbocycles. The van der Waals surface area contributed by atoms with Crippen LogP contribution in [-0.4, -0.2) is 53.1 Å². The number of halogens is 1. The number of rotatable bonds is 4. The quantitative estimate of drug-likeness (QED) is 0.906. The molecular weight excluding hydrogens is 294 g/mol. The minimum Gasteiger partial charge on any atom is -0.351 e. The van der Waals surface area contributed by atoms with Crippen molar-refractivity contribution in [3.63, 3.8) is 0 Å². The van der Waals surface area contributed by atoms with Gasteiger partial charge in [-0.05, 0) is 38.3 Å². The second-order valence-electron chi connectivity index (χ2n) is 5.75. The van der Waals surface area contributed by atoms with E-state index in [0.717, 1.165) is 25.9 Å². The van der Waals surface area contributed by atoms with Crippen LogP contribution in [-0.2, 0) is 9.47 Å². The zero-order chi connectivity index (χ0) is 14.9. The fraction of sp³-hybridized carbons (Fsp3) is 0.769. The van der Waals surface area contributed by atoms with Crippen molar-refractivity contribution in [3.8, 4) is 0 Å². The molecule has 0 saturated carbocycles. The van der Waals surface area contributed by atoms with Crippen LogP contribution in [0.4, 0.5) is 11.9 Å². The second kappa shape index (κ2) is 5.90. The predicted octanol–water partition coefficient (Wildman–Crippen LogP) is 1.69. The van der Waals surface area contributed by atoms with Crippen LogP contribution >= 0.6 is 11.6 Å². The van der Waals surface area contributed by atoms with Crippen LogP contribution < -0.4 is 10.2 Å². The summed E-state index contributed by atoms with van der Waals surface area (Å²) in [4.78, 5) is 14.9.